The Morgan fingerprint density at radius 1 is 1.13 bits per heavy atom. The van der Waals surface area contributed by atoms with E-state index < -0.39 is 5.41 Å². The molecular weight excluding hydrogens is 500 g/mol. The molecule has 0 saturated heterocycles. The highest BCUT2D eigenvalue weighted by Crippen LogP contribution is 2.53. The monoisotopic (exact) mass is 534 g/mol. The van der Waals surface area contributed by atoms with Crippen LogP contribution in [-0.4, -0.2) is 36.4 Å². The summed E-state index contributed by atoms with van der Waals surface area (Å²) in [5.41, 5.74) is 1.40. The second-order valence-corrected chi connectivity index (χ2v) is 11.7. The fourth-order valence-electron chi connectivity index (χ4n) is 6.51. The summed E-state index contributed by atoms with van der Waals surface area (Å²) in [7, 11) is 1.66. The van der Waals surface area contributed by atoms with E-state index >= 15 is 0 Å². The van der Waals surface area contributed by atoms with Crippen LogP contribution >= 0.6 is 11.3 Å². The number of para-hydroxylation sites is 1. The number of ether oxygens (including phenoxy) is 2. The number of carbonyl (C=O) groups is 2. The van der Waals surface area contributed by atoms with Crippen molar-refractivity contribution in [2.24, 2.45) is 5.41 Å². The first-order chi connectivity index (χ1) is 18.5. The third-order valence-electron chi connectivity index (χ3n) is 8.52. The fraction of sp³-hybridized carbons (Fsp3) is 0.500. The standard InChI is InChI=1S/C30H34N2O5S/c1-19-24-26(33)30(14-8-9-15-30)29(34)32(28(24)38-25(19)27-31-16-17-36-27)18-23(37-20-10-4-3-5-11-20)21-12-6-7-13-22(21)35-2/h6-7,12-13,16-17,20,23H,3-5,8-11,14-15,18H2,1-2H3. The van der Waals surface area contributed by atoms with Crippen LogP contribution in [0.25, 0.3) is 10.8 Å². The van der Waals surface area contributed by atoms with Crippen LogP contribution in [-0.2, 0) is 9.53 Å². The number of benzene rings is 1. The Balaban J connectivity index is 1.45. The number of amides is 1. The number of oxazole rings is 1. The van der Waals surface area contributed by atoms with Gasteiger partial charge in [0.25, 0.3) is 0 Å². The number of aromatic nitrogens is 1. The van der Waals surface area contributed by atoms with E-state index in [9.17, 15) is 9.59 Å². The van der Waals surface area contributed by atoms with Gasteiger partial charge < -0.3 is 13.9 Å². The van der Waals surface area contributed by atoms with Gasteiger partial charge in [-0.05, 0) is 44.2 Å². The first-order valence-electron chi connectivity index (χ1n) is 13.7. The third kappa shape index (κ3) is 4.18. The summed E-state index contributed by atoms with van der Waals surface area (Å²) in [4.78, 5) is 35.3. The van der Waals surface area contributed by atoms with Gasteiger partial charge in [-0.25, -0.2) is 4.98 Å². The van der Waals surface area contributed by atoms with Gasteiger partial charge in [0, 0.05) is 5.56 Å². The van der Waals surface area contributed by atoms with E-state index in [4.69, 9.17) is 13.9 Å². The number of hydrogen-bond acceptors (Lipinski definition) is 7. The predicted octanol–water partition coefficient (Wildman–Crippen LogP) is 6.90. The van der Waals surface area contributed by atoms with Crippen LogP contribution in [0.4, 0.5) is 5.00 Å². The molecule has 2 aliphatic carbocycles. The Kier molecular flexibility index (Phi) is 6.86. The van der Waals surface area contributed by atoms with Crippen LogP contribution in [0, 0.1) is 12.3 Å². The van der Waals surface area contributed by atoms with Gasteiger partial charge >= 0.3 is 0 Å². The molecule has 1 amide bonds. The predicted molar refractivity (Wildman–Crippen MR) is 146 cm³/mol. The molecule has 1 aliphatic heterocycles. The topological polar surface area (TPSA) is 81.9 Å². The number of nitrogens with zero attached hydrogens (tertiary/aromatic N) is 2. The number of methoxy groups -OCH3 is 1. The second-order valence-electron chi connectivity index (χ2n) is 10.7. The number of anilines is 1. The molecule has 0 N–H and O–H groups in total. The van der Waals surface area contributed by atoms with Crippen molar-refractivity contribution >= 4 is 28.0 Å². The summed E-state index contributed by atoms with van der Waals surface area (Å²) in [6, 6.07) is 7.89. The molecule has 3 aliphatic rings. The van der Waals surface area contributed by atoms with E-state index in [1.54, 1.807) is 13.3 Å². The molecule has 38 heavy (non-hydrogen) atoms. The molecule has 0 radical (unpaired) electrons. The molecule has 1 aromatic carbocycles. The van der Waals surface area contributed by atoms with Crippen molar-refractivity contribution in [3.63, 3.8) is 0 Å². The van der Waals surface area contributed by atoms with Crippen LogP contribution in [0.1, 0.15) is 85.4 Å². The molecule has 2 fully saturated rings. The molecule has 2 aromatic heterocycles. The first kappa shape index (κ1) is 25.3. The lowest BCUT2D eigenvalue weighted by atomic mass is 9.74. The van der Waals surface area contributed by atoms with Gasteiger partial charge in [-0.1, -0.05) is 50.3 Å². The normalized spacial score (nSPS) is 20.2. The number of carbonyl (C=O) groups excluding carboxylic acids is 2. The minimum absolute atomic E-state index is 0.0418. The zero-order valence-corrected chi connectivity index (χ0v) is 22.9. The molecule has 3 heterocycles. The van der Waals surface area contributed by atoms with Gasteiger partial charge in [0.1, 0.15) is 28.5 Å². The van der Waals surface area contributed by atoms with Gasteiger partial charge in [0.2, 0.25) is 11.8 Å². The molecule has 1 unspecified atom stereocenters. The molecule has 1 atom stereocenters. The number of Topliss-reactive ketones (excluding diaryl/α,β-unsaturated/α-hetero) is 1. The van der Waals surface area contributed by atoms with E-state index in [0.717, 1.165) is 60.3 Å². The zero-order chi connectivity index (χ0) is 26.3. The van der Waals surface area contributed by atoms with E-state index in [1.165, 1.54) is 24.0 Å². The molecule has 200 valence electrons. The van der Waals surface area contributed by atoms with Gasteiger partial charge in [-0.15, -0.1) is 11.3 Å². The lowest BCUT2D eigenvalue weighted by molar-refractivity contribution is -0.126. The first-order valence-corrected chi connectivity index (χ1v) is 14.5. The smallest absolute Gasteiger partial charge is 0.241 e. The Labute approximate surface area is 227 Å². The minimum atomic E-state index is -0.997. The summed E-state index contributed by atoms with van der Waals surface area (Å²) in [6.07, 6.45) is 11.4. The second kappa shape index (κ2) is 10.3. The van der Waals surface area contributed by atoms with Crippen LogP contribution in [0.2, 0.25) is 0 Å². The number of hydrogen-bond donors (Lipinski definition) is 0. The SMILES string of the molecule is COc1ccccc1C(CN1C(=O)C2(CCCC2)C(=O)c2c1sc(-c1ncco1)c2C)OC1CCCCC1. The minimum Gasteiger partial charge on any atom is -0.496 e. The van der Waals surface area contributed by atoms with Crippen molar-refractivity contribution in [2.75, 3.05) is 18.6 Å². The molecule has 8 heteroatoms. The van der Waals surface area contributed by atoms with E-state index in [2.05, 4.69) is 4.98 Å². The summed E-state index contributed by atoms with van der Waals surface area (Å²) < 4.78 is 18.1. The molecule has 2 saturated carbocycles. The highest BCUT2D eigenvalue weighted by atomic mass is 32.1. The van der Waals surface area contributed by atoms with Crippen molar-refractivity contribution in [3.05, 3.63) is 53.4 Å². The van der Waals surface area contributed by atoms with Crippen LogP contribution in [0.3, 0.4) is 0 Å². The van der Waals surface area contributed by atoms with Gasteiger partial charge in [0.05, 0.1) is 36.4 Å². The summed E-state index contributed by atoms with van der Waals surface area (Å²) in [5.74, 6) is 1.08. The van der Waals surface area contributed by atoms with Gasteiger partial charge in [0.15, 0.2) is 5.78 Å². The van der Waals surface area contributed by atoms with Crippen molar-refractivity contribution in [2.45, 2.75) is 76.9 Å². The Bertz CT molecular complexity index is 1320. The number of fused-ring (bicyclic) bond motifs is 1. The third-order valence-corrected chi connectivity index (χ3v) is 9.82. The van der Waals surface area contributed by atoms with E-state index in [-0.39, 0.29) is 23.9 Å². The maximum atomic E-state index is 14.3. The zero-order valence-electron chi connectivity index (χ0n) is 22.0. The van der Waals surface area contributed by atoms with Crippen LogP contribution < -0.4 is 9.64 Å². The van der Waals surface area contributed by atoms with Crippen LogP contribution in [0.5, 0.6) is 5.75 Å². The lowest BCUT2D eigenvalue weighted by Gasteiger charge is -2.40. The average Bonchev–Trinajstić information content (AvgIpc) is 3.71. The van der Waals surface area contributed by atoms with E-state index in [1.807, 2.05) is 36.1 Å². The summed E-state index contributed by atoms with van der Waals surface area (Å²) >= 11 is 1.41. The number of rotatable bonds is 7. The Hall–Kier alpha value is -2.97. The largest absolute Gasteiger partial charge is 0.496 e. The molecule has 3 aromatic rings. The Morgan fingerprint density at radius 2 is 1.89 bits per heavy atom. The van der Waals surface area contributed by atoms with Crippen LogP contribution in [0.15, 0.2) is 41.1 Å². The fourth-order valence-corrected chi connectivity index (χ4v) is 7.77. The lowest BCUT2D eigenvalue weighted by Crippen LogP contribution is -2.52. The molecule has 1 spiro atoms. The quantitative estimate of drug-likeness (QED) is 0.307. The van der Waals surface area contributed by atoms with Crippen molar-refractivity contribution in [1.29, 1.82) is 0 Å². The molecule has 7 nitrogen and oxygen atoms in total. The molecule has 6 rings (SSSR count). The highest BCUT2D eigenvalue weighted by Gasteiger charge is 2.56. The summed E-state index contributed by atoms with van der Waals surface area (Å²) in [6.45, 7) is 2.27. The number of thiophene rings is 1. The highest BCUT2D eigenvalue weighted by molar-refractivity contribution is 7.20. The maximum Gasteiger partial charge on any atom is 0.241 e. The van der Waals surface area contributed by atoms with Gasteiger partial charge in [-0.2, -0.15) is 0 Å². The van der Waals surface area contributed by atoms with Crippen molar-refractivity contribution < 1.29 is 23.5 Å². The number of ketones is 1. The van der Waals surface area contributed by atoms with Gasteiger partial charge in [-0.3, -0.25) is 14.5 Å². The van der Waals surface area contributed by atoms with Crippen molar-refractivity contribution in [3.8, 4) is 16.5 Å². The summed E-state index contributed by atoms with van der Waals surface area (Å²) in [5, 5.41) is 0.676. The molecule has 0 bridgehead atoms. The van der Waals surface area contributed by atoms with Crippen molar-refractivity contribution in [1.82, 2.24) is 4.98 Å². The Morgan fingerprint density at radius 3 is 2.61 bits per heavy atom. The maximum absolute atomic E-state index is 14.3. The average molecular weight is 535 g/mol. The van der Waals surface area contributed by atoms with E-state index in [0.29, 0.717) is 35.8 Å². The molecular formula is C30H34N2O5S.